The fourth-order valence-corrected chi connectivity index (χ4v) is 2.97. The van der Waals surface area contributed by atoms with E-state index in [4.69, 9.17) is 15.2 Å². The van der Waals surface area contributed by atoms with Crippen LogP contribution < -0.4 is 11.3 Å². The van der Waals surface area contributed by atoms with Crippen molar-refractivity contribution in [2.75, 3.05) is 38.6 Å². The molecule has 2 aliphatic rings. The van der Waals surface area contributed by atoms with E-state index in [-0.39, 0.29) is 5.56 Å². The van der Waals surface area contributed by atoms with E-state index in [1.165, 1.54) is 6.07 Å². The fourth-order valence-electron chi connectivity index (χ4n) is 2.97. The highest BCUT2D eigenvalue weighted by atomic mass is 16.7. The lowest BCUT2D eigenvalue weighted by molar-refractivity contribution is -0.189. The molecule has 6 nitrogen and oxygen atoms in total. The van der Waals surface area contributed by atoms with Crippen molar-refractivity contribution >= 4 is 5.69 Å². The van der Waals surface area contributed by atoms with Crippen molar-refractivity contribution in [1.29, 1.82) is 0 Å². The van der Waals surface area contributed by atoms with Gasteiger partial charge in [0.25, 0.3) is 5.56 Å². The van der Waals surface area contributed by atoms with Gasteiger partial charge >= 0.3 is 0 Å². The summed E-state index contributed by atoms with van der Waals surface area (Å²) in [6.45, 7) is 4.61. The molecular formula is C14H21N3O3. The minimum Gasteiger partial charge on any atom is -0.398 e. The molecule has 110 valence electrons. The highest BCUT2D eigenvalue weighted by Crippen LogP contribution is 2.29. The third-order valence-corrected chi connectivity index (χ3v) is 3.97. The summed E-state index contributed by atoms with van der Waals surface area (Å²) in [5.74, 6) is -0.404. The number of rotatable bonds is 3. The monoisotopic (exact) mass is 279 g/mol. The molecule has 6 heteroatoms. The molecule has 0 aromatic carbocycles. The van der Waals surface area contributed by atoms with Gasteiger partial charge in [-0.2, -0.15) is 0 Å². The smallest absolute Gasteiger partial charge is 0.250 e. The Labute approximate surface area is 118 Å². The van der Waals surface area contributed by atoms with Gasteiger partial charge in [-0.1, -0.05) is 0 Å². The van der Waals surface area contributed by atoms with Crippen molar-refractivity contribution in [3.8, 4) is 0 Å². The maximum Gasteiger partial charge on any atom is 0.250 e. The SMILES string of the molecule is Nc1ccc(=O)n(CCN2CCCC3(C2)OCCO3)c1. The normalized spacial score (nSPS) is 22.4. The number of hydrogen-bond acceptors (Lipinski definition) is 5. The Balaban J connectivity index is 1.60. The maximum atomic E-state index is 11.7. The van der Waals surface area contributed by atoms with Crippen LogP contribution in [0.15, 0.2) is 23.1 Å². The minimum atomic E-state index is -0.404. The zero-order valence-corrected chi connectivity index (χ0v) is 11.6. The second-order valence-electron chi connectivity index (χ2n) is 5.48. The molecule has 20 heavy (non-hydrogen) atoms. The number of likely N-dealkylation sites (tertiary alicyclic amines) is 1. The van der Waals surface area contributed by atoms with E-state index in [2.05, 4.69) is 4.90 Å². The van der Waals surface area contributed by atoms with Gasteiger partial charge in [-0.15, -0.1) is 0 Å². The largest absolute Gasteiger partial charge is 0.398 e. The summed E-state index contributed by atoms with van der Waals surface area (Å²) in [5.41, 5.74) is 6.32. The quantitative estimate of drug-likeness (QED) is 0.860. The average Bonchev–Trinajstić information content (AvgIpc) is 2.88. The van der Waals surface area contributed by atoms with E-state index in [1.807, 2.05) is 0 Å². The number of pyridine rings is 1. The van der Waals surface area contributed by atoms with Gasteiger partial charge in [0.05, 0.1) is 19.8 Å². The lowest BCUT2D eigenvalue weighted by atomic mass is 10.0. The first-order chi connectivity index (χ1) is 9.67. The molecule has 2 saturated heterocycles. The number of nitrogen functional groups attached to an aromatic ring is 1. The Morgan fingerprint density at radius 2 is 2.05 bits per heavy atom. The number of ether oxygens (including phenoxy) is 2. The summed E-state index contributed by atoms with van der Waals surface area (Å²) in [6.07, 6.45) is 3.72. The Hall–Kier alpha value is -1.37. The molecule has 0 bridgehead atoms. The molecule has 1 spiro atoms. The maximum absolute atomic E-state index is 11.7. The van der Waals surface area contributed by atoms with Crippen LogP contribution in [0.1, 0.15) is 12.8 Å². The molecule has 0 radical (unpaired) electrons. The highest BCUT2D eigenvalue weighted by Gasteiger charge is 2.40. The van der Waals surface area contributed by atoms with Crippen LogP contribution in [-0.4, -0.2) is 48.1 Å². The van der Waals surface area contributed by atoms with Gasteiger partial charge in [-0.05, 0) is 19.0 Å². The van der Waals surface area contributed by atoms with Crippen LogP contribution in [-0.2, 0) is 16.0 Å². The van der Waals surface area contributed by atoms with Crippen LogP contribution in [0, 0.1) is 0 Å². The van der Waals surface area contributed by atoms with Crippen LogP contribution in [0.2, 0.25) is 0 Å². The van der Waals surface area contributed by atoms with E-state index in [1.54, 1.807) is 16.8 Å². The minimum absolute atomic E-state index is 0.0145. The highest BCUT2D eigenvalue weighted by molar-refractivity contribution is 5.33. The Kier molecular flexibility index (Phi) is 3.78. The number of nitrogens with two attached hydrogens (primary N) is 1. The first-order valence-electron chi connectivity index (χ1n) is 7.13. The summed E-state index contributed by atoms with van der Waals surface area (Å²) in [5, 5.41) is 0. The van der Waals surface area contributed by atoms with Crippen LogP contribution in [0.5, 0.6) is 0 Å². The Bertz CT molecular complexity index is 523. The Morgan fingerprint density at radius 3 is 2.85 bits per heavy atom. The van der Waals surface area contributed by atoms with Gasteiger partial charge in [0.2, 0.25) is 0 Å². The topological polar surface area (TPSA) is 69.7 Å². The van der Waals surface area contributed by atoms with Crippen molar-refractivity contribution in [3.05, 3.63) is 28.7 Å². The first-order valence-corrected chi connectivity index (χ1v) is 7.13. The number of nitrogens with zero attached hydrogens (tertiary/aromatic N) is 2. The van der Waals surface area contributed by atoms with Gasteiger partial charge in [-0.3, -0.25) is 9.69 Å². The number of anilines is 1. The molecule has 0 saturated carbocycles. The predicted octanol–water partition coefficient (Wildman–Crippen LogP) is 0.269. The van der Waals surface area contributed by atoms with Crippen molar-refractivity contribution in [1.82, 2.24) is 9.47 Å². The van der Waals surface area contributed by atoms with E-state index < -0.39 is 5.79 Å². The summed E-state index contributed by atoms with van der Waals surface area (Å²) in [6, 6.07) is 3.14. The molecule has 2 fully saturated rings. The summed E-state index contributed by atoms with van der Waals surface area (Å²) in [7, 11) is 0. The van der Waals surface area contributed by atoms with Gasteiger partial charge in [-0.25, -0.2) is 0 Å². The van der Waals surface area contributed by atoms with E-state index in [0.29, 0.717) is 25.4 Å². The van der Waals surface area contributed by atoms with Crippen molar-refractivity contribution in [2.45, 2.75) is 25.2 Å². The fraction of sp³-hybridized carbons (Fsp3) is 0.643. The molecule has 0 atom stereocenters. The van der Waals surface area contributed by atoms with E-state index in [0.717, 1.165) is 32.5 Å². The van der Waals surface area contributed by atoms with Gasteiger partial charge < -0.3 is 19.8 Å². The van der Waals surface area contributed by atoms with Crippen molar-refractivity contribution < 1.29 is 9.47 Å². The zero-order valence-electron chi connectivity index (χ0n) is 11.6. The standard InChI is InChI=1S/C14H21N3O3/c15-12-2-3-13(18)17(10-12)7-6-16-5-1-4-14(11-16)19-8-9-20-14/h2-3,10H,1,4-9,11,15H2. The van der Waals surface area contributed by atoms with Crippen LogP contribution >= 0.6 is 0 Å². The van der Waals surface area contributed by atoms with E-state index >= 15 is 0 Å². The molecule has 2 aliphatic heterocycles. The zero-order chi connectivity index (χ0) is 14.0. The van der Waals surface area contributed by atoms with Gasteiger partial charge in [0.1, 0.15) is 0 Å². The molecule has 3 heterocycles. The first kappa shape index (κ1) is 13.6. The summed E-state index contributed by atoms with van der Waals surface area (Å²) >= 11 is 0. The molecule has 1 aromatic heterocycles. The molecule has 0 amide bonds. The predicted molar refractivity (Wildman–Crippen MR) is 75.4 cm³/mol. The third-order valence-electron chi connectivity index (χ3n) is 3.97. The second kappa shape index (κ2) is 5.55. The van der Waals surface area contributed by atoms with Crippen molar-refractivity contribution in [2.24, 2.45) is 0 Å². The molecule has 3 rings (SSSR count). The number of aromatic nitrogens is 1. The lowest BCUT2D eigenvalue weighted by Crippen LogP contribution is -2.49. The average molecular weight is 279 g/mol. The molecule has 0 unspecified atom stereocenters. The number of hydrogen-bond donors (Lipinski definition) is 1. The van der Waals surface area contributed by atoms with Crippen LogP contribution in [0.25, 0.3) is 0 Å². The lowest BCUT2D eigenvalue weighted by Gasteiger charge is -2.38. The van der Waals surface area contributed by atoms with Crippen LogP contribution in [0.4, 0.5) is 5.69 Å². The molecule has 0 aliphatic carbocycles. The summed E-state index contributed by atoms with van der Waals surface area (Å²) in [4.78, 5) is 14.0. The van der Waals surface area contributed by atoms with E-state index in [9.17, 15) is 4.79 Å². The van der Waals surface area contributed by atoms with Crippen LogP contribution in [0.3, 0.4) is 0 Å². The molecule has 1 aromatic rings. The third kappa shape index (κ3) is 2.87. The summed E-state index contributed by atoms with van der Waals surface area (Å²) < 4.78 is 13.2. The van der Waals surface area contributed by atoms with Gasteiger partial charge in [0, 0.05) is 37.5 Å². The second-order valence-corrected chi connectivity index (χ2v) is 5.48. The molecule has 2 N–H and O–H groups in total. The molecular weight excluding hydrogens is 258 g/mol. The number of piperidine rings is 1. The van der Waals surface area contributed by atoms with Crippen molar-refractivity contribution in [3.63, 3.8) is 0 Å². The Morgan fingerprint density at radius 1 is 1.25 bits per heavy atom. The van der Waals surface area contributed by atoms with Gasteiger partial charge in [0.15, 0.2) is 5.79 Å².